The van der Waals surface area contributed by atoms with Crippen LogP contribution in [0.15, 0.2) is 60.7 Å². The van der Waals surface area contributed by atoms with Gasteiger partial charge in [-0.3, -0.25) is 4.79 Å². The Morgan fingerprint density at radius 2 is 1.71 bits per heavy atom. The number of hydrogen-bond donors (Lipinski definition) is 1. The Morgan fingerprint density at radius 3 is 2.42 bits per heavy atom. The second-order valence-corrected chi connectivity index (χ2v) is 7.73. The summed E-state index contributed by atoms with van der Waals surface area (Å²) < 4.78 is 5.28. The Hall–Kier alpha value is -3.06. The summed E-state index contributed by atoms with van der Waals surface area (Å²) in [5, 5.41) is 12.8. The predicted octanol–water partition coefficient (Wildman–Crippen LogP) is 6.04. The van der Waals surface area contributed by atoms with Crippen molar-refractivity contribution in [3.8, 4) is 11.4 Å². The van der Waals surface area contributed by atoms with Gasteiger partial charge >= 0.3 is 0 Å². The average Bonchev–Trinajstić information content (AvgIpc) is 3.15. The minimum Gasteiger partial charge on any atom is -0.495 e. The van der Waals surface area contributed by atoms with Crippen LogP contribution in [0.3, 0.4) is 0 Å². The van der Waals surface area contributed by atoms with Gasteiger partial charge in [-0.05, 0) is 42.5 Å². The third-order valence-electron chi connectivity index (χ3n) is 4.37. The molecule has 1 heterocycles. The summed E-state index contributed by atoms with van der Waals surface area (Å²) in [6.45, 7) is 0. The van der Waals surface area contributed by atoms with Crippen molar-refractivity contribution >= 4 is 63.5 Å². The molecule has 0 aliphatic heterocycles. The average molecular weight is 474 g/mol. The maximum absolute atomic E-state index is 12.5. The Balaban J connectivity index is 1.58. The number of amides is 1. The number of fused-ring (bicyclic) bond motifs is 1. The second kappa shape index (κ2) is 8.98. The van der Waals surface area contributed by atoms with Gasteiger partial charge in [0.2, 0.25) is 5.91 Å². The number of nitrogens with zero attached hydrogens (tertiary/aromatic N) is 3. The minimum absolute atomic E-state index is 0.345. The SMILES string of the molecule is COc1c(Cl)cc(Cl)cc1/C=C/C(=O)Nc1cc2nn(-c3ccccc3)nc2cc1Cl. The van der Waals surface area contributed by atoms with Crippen LogP contribution >= 0.6 is 34.8 Å². The van der Waals surface area contributed by atoms with Gasteiger partial charge in [0, 0.05) is 16.7 Å². The van der Waals surface area contributed by atoms with Gasteiger partial charge in [0.1, 0.15) is 16.8 Å². The van der Waals surface area contributed by atoms with Crippen molar-refractivity contribution in [2.45, 2.75) is 0 Å². The lowest BCUT2D eigenvalue weighted by Gasteiger charge is -2.08. The van der Waals surface area contributed by atoms with Crippen LogP contribution in [0.2, 0.25) is 15.1 Å². The highest BCUT2D eigenvalue weighted by atomic mass is 35.5. The molecule has 0 saturated carbocycles. The molecule has 31 heavy (non-hydrogen) atoms. The molecule has 0 aliphatic rings. The van der Waals surface area contributed by atoms with E-state index >= 15 is 0 Å². The third kappa shape index (κ3) is 4.66. The molecule has 3 aromatic carbocycles. The van der Waals surface area contributed by atoms with Gasteiger partial charge in [0.25, 0.3) is 0 Å². The van der Waals surface area contributed by atoms with Crippen LogP contribution in [0.5, 0.6) is 5.75 Å². The van der Waals surface area contributed by atoms with Gasteiger partial charge in [-0.15, -0.1) is 10.2 Å². The molecule has 0 atom stereocenters. The van der Waals surface area contributed by atoms with Gasteiger partial charge < -0.3 is 10.1 Å². The summed E-state index contributed by atoms with van der Waals surface area (Å²) in [6.07, 6.45) is 2.90. The zero-order valence-electron chi connectivity index (χ0n) is 16.1. The Kier molecular flexibility index (Phi) is 6.13. The highest BCUT2D eigenvalue weighted by Gasteiger charge is 2.12. The lowest BCUT2D eigenvalue weighted by atomic mass is 10.2. The predicted molar refractivity (Wildman–Crippen MR) is 125 cm³/mol. The number of methoxy groups -OCH3 is 1. The normalized spacial score (nSPS) is 11.2. The number of hydrogen-bond acceptors (Lipinski definition) is 4. The maximum atomic E-state index is 12.5. The van der Waals surface area contributed by atoms with Crippen LogP contribution in [0.25, 0.3) is 22.8 Å². The van der Waals surface area contributed by atoms with Crippen molar-refractivity contribution in [2.24, 2.45) is 0 Å². The molecule has 4 rings (SSSR count). The van der Waals surface area contributed by atoms with E-state index in [1.165, 1.54) is 18.0 Å². The monoisotopic (exact) mass is 472 g/mol. The summed E-state index contributed by atoms with van der Waals surface area (Å²) >= 11 is 18.5. The van der Waals surface area contributed by atoms with E-state index in [4.69, 9.17) is 39.5 Å². The Bertz CT molecular complexity index is 1300. The maximum Gasteiger partial charge on any atom is 0.248 e. The lowest BCUT2D eigenvalue weighted by molar-refractivity contribution is -0.111. The largest absolute Gasteiger partial charge is 0.495 e. The van der Waals surface area contributed by atoms with Crippen LogP contribution in [0, 0.1) is 0 Å². The molecular formula is C22H15Cl3N4O2. The van der Waals surface area contributed by atoms with Crippen LogP contribution in [0.4, 0.5) is 5.69 Å². The van der Waals surface area contributed by atoms with Crippen molar-refractivity contribution in [3.05, 3.63) is 81.3 Å². The highest BCUT2D eigenvalue weighted by Crippen LogP contribution is 2.33. The highest BCUT2D eigenvalue weighted by molar-refractivity contribution is 6.36. The summed E-state index contributed by atoms with van der Waals surface area (Å²) in [5.41, 5.74) is 3.01. The summed E-state index contributed by atoms with van der Waals surface area (Å²) in [4.78, 5) is 14.0. The fourth-order valence-corrected chi connectivity index (χ4v) is 3.76. The zero-order valence-corrected chi connectivity index (χ0v) is 18.4. The molecule has 0 fully saturated rings. The Morgan fingerprint density at radius 1 is 1.00 bits per heavy atom. The summed E-state index contributed by atoms with van der Waals surface area (Å²) in [7, 11) is 1.49. The van der Waals surface area contributed by atoms with E-state index in [9.17, 15) is 4.79 Å². The van der Waals surface area contributed by atoms with E-state index in [-0.39, 0.29) is 0 Å². The van der Waals surface area contributed by atoms with Gasteiger partial charge in [0.15, 0.2) is 0 Å². The number of aromatic nitrogens is 3. The molecular weight excluding hydrogens is 459 g/mol. The first-order valence-electron chi connectivity index (χ1n) is 9.09. The van der Waals surface area contributed by atoms with E-state index in [1.54, 1.807) is 30.3 Å². The third-order valence-corrected chi connectivity index (χ3v) is 5.18. The Labute approximate surface area is 193 Å². The van der Waals surface area contributed by atoms with Crippen molar-refractivity contribution in [3.63, 3.8) is 0 Å². The fraction of sp³-hybridized carbons (Fsp3) is 0.0455. The minimum atomic E-state index is -0.394. The number of carbonyl (C=O) groups is 1. The number of ether oxygens (including phenoxy) is 1. The summed E-state index contributed by atoms with van der Waals surface area (Å²) in [5.74, 6) is 0.0296. The molecule has 156 valence electrons. The molecule has 6 nitrogen and oxygen atoms in total. The molecule has 0 spiro atoms. The molecule has 0 radical (unpaired) electrons. The van der Waals surface area contributed by atoms with Crippen molar-refractivity contribution in [2.75, 3.05) is 12.4 Å². The lowest BCUT2D eigenvalue weighted by Crippen LogP contribution is -2.08. The number of carbonyl (C=O) groups excluding carboxylic acids is 1. The first-order valence-corrected chi connectivity index (χ1v) is 10.2. The molecule has 0 unspecified atom stereocenters. The standard InChI is InChI=1S/C22H15Cl3N4O2/c1-31-22-13(9-14(23)10-17(22)25)7-8-21(30)26-18-12-20-19(11-16(18)24)27-29(28-20)15-5-3-2-4-6-15/h2-12H,1H3,(H,26,30)/b8-7+. The molecule has 0 bridgehead atoms. The van der Waals surface area contributed by atoms with E-state index in [0.29, 0.717) is 43.1 Å². The van der Waals surface area contributed by atoms with E-state index in [0.717, 1.165) is 5.69 Å². The number of rotatable bonds is 5. The van der Waals surface area contributed by atoms with Gasteiger partial charge in [-0.25, -0.2) is 0 Å². The van der Waals surface area contributed by atoms with Crippen LogP contribution in [0.1, 0.15) is 5.56 Å². The summed E-state index contributed by atoms with van der Waals surface area (Å²) in [6, 6.07) is 16.0. The van der Waals surface area contributed by atoms with Gasteiger partial charge in [-0.1, -0.05) is 53.0 Å². The number of para-hydroxylation sites is 1. The van der Waals surface area contributed by atoms with Gasteiger partial charge in [-0.2, -0.15) is 4.80 Å². The number of halogens is 3. The molecule has 0 saturated heterocycles. The molecule has 0 aliphatic carbocycles. The molecule has 9 heteroatoms. The van der Waals surface area contributed by atoms with E-state index in [1.807, 2.05) is 30.3 Å². The second-order valence-electron chi connectivity index (χ2n) is 6.48. The van der Waals surface area contributed by atoms with Crippen LogP contribution in [-0.2, 0) is 4.79 Å². The number of anilines is 1. The fourth-order valence-electron chi connectivity index (χ4n) is 2.97. The van der Waals surface area contributed by atoms with Crippen LogP contribution in [-0.4, -0.2) is 28.0 Å². The zero-order chi connectivity index (χ0) is 22.0. The quantitative estimate of drug-likeness (QED) is 0.359. The molecule has 1 aromatic heterocycles. The van der Waals surface area contributed by atoms with Crippen LogP contribution < -0.4 is 10.1 Å². The van der Waals surface area contributed by atoms with Crippen molar-refractivity contribution in [1.82, 2.24) is 15.0 Å². The van der Waals surface area contributed by atoms with Crippen molar-refractivity contribution < 1.29 is 9.53 Å². The molecule has 1 N–H and O–H groups in total. The molecule has 4 aromatic rings. The topological polar surface area (TPSA) is 69.0 Å². The van der Waals surface area contributed by atoms with Crippen molar-refractivity contribution in [1.29, 1.82) is 0 Å². The number of benzene rings is 3. The van der Waals surface area contributed by atoms with Gasteiger partial charge in [0.05, 0.1) is 28.5 Å². The van der Waals surface area contributed by atoms with E-state index in [2.05, 4.69) is 15.5 Å². The number of nitrogens with one attached hydrogen (secondary N) is 1. The first-order chi connectivity index (χ1) is 14.9. The smallest absolute Gasteiger partial charge is 0.248 e. The first kappa shape index (κ1) is 21.2. The molecule has 1 amide bonds. The van der Waals surface area contributed by atoms with E-state index < -0.39 is 5.91 Å².